The molecule has 0 saturated heterocycles. The van der Waals surface area contributed by atoms with Crippen LogP contribution >= 0.6 is 0 Å². The number of hydrogen-bond donors (Lipinski definition) is 2. The van der Waals surface area contributed by atoms with Crippen molar-refractivity contribution in [3.05, 3.63) is 29.3 Å². The summed E-state index contributed by atoms with van der Waals surface area (Å²) in [4.78, 5) is 3.93. The van der Waals surface area contributed by atoms with E-state index >= 15 is 0 Å². The summed E-state index contributed by atoms with van der Waals surface area (Å²) < 4.78 is 5.86. The van der Waals surface area contributed by atoms with E-state index in [9.17, 15) is 0 Å². The molecule has 0 spiro atoms. The van der Waals surface area contributed by atoms with Crippen LogP contribution in [0.5, 0.6) is 5.75 Å². The van der Waals surface area contributed by atoms with Gasteiger partial charge in [0.25, 0.3) is 0 Å². The fraction of sp³-hybridized carbons (Fsp3) is 0.273. The summed E-state index contributed by atoms with van der Waals surface area (Å²) in [6.45, 7) is 6.36. The number of nitrogens with zero attached hydrogens (tertiary/aromatic N) is 1. The van der Waals surface area contributed by atoms with Gasteiger partial charge < -0.3 is 10.2 Å². The van der Waals surface area contributed by atoms with E-state index in [1.807, 2.05) is 18.2 Å². The lowest BCUT2D eigenvalue weighted by molar-refractivity contribution is 0.557. The largest absolute Gasteiger partial charge is 0.544 e. The van der Waals surface area contributed by atoms with Crippen LogP contribution in [0.15, 0.2) is 23.2 Å². The maximum Gasteiger partial charge on any atom is 0.242 e. The molecule has 84 valence electrons. The molecular formula is C11H15N3OSi. The molecule has 0 saturated carbocycles. The van der Waals surface area contributed by atoms with Crippen molar-refractivity contribution < 1.29 is 4.43 Å². The van der Waals surface area contributed by atoms with Crippen molar-refractivity contribution in [2.24, 2.45) is 10.7 Å². The monoisotopic (exact) mass is 233 g/mol. The Morgan fingerprint density at radius 2 is 1.94 bits per heavy atom. The van der Waals surface area contributed by atoms with Crippen molar-refractivity contribution in [1.82, 2.24) is 0 Å². The van der Waals surface area contributed by atoms with Gasteiger partial charge in [-0.3, -0.25) is 5.41 Å². The summed E-state index contributed by atoms with van der Waals surface area (Å²) in [5.41, 5.74) is 7.28. The van der Waals surface area contributed by atoms with Gasteiger partial charge in [0.1, 0.15) is 11.6 Å². The molecule has 16 heavy (non-hydrogen) atoms. The summed E-state index contributed by atoms with van der Waals surface area (Å²) >= 11 is 0. The van der Waals surface area contributed by atoms with E-state index in [0.717, 1.165) is 16.9 Å². The number of benzene rings is 1. The maximum atomic E-state index is 7.68. The first-order valence-electron chi connectivity index (χ1n) is 5.13. The van der Waals surface area contributed by atoms with E-state index in [0.29, 0.717) is 5.84 Å². The van der Waals surface area contributed by atoms with Crippen molar-refractivity contribution in [2.45, 2.75) is 19.6 Å². The predicted molar refractivity (Wildman–Crippen MR) is 68.0 cm³/mol. The van der Waals surface area contributed by atoms with Crippen LogP contribution < -0.4 is 10.2 Å². The normalized spacial score (nSPS) is 14.7. The van der Waals surface area contributed by atoms with Gasteiger partial charge in [-0.25, -0.2) is 4.99 Å². The van der Waals surface area contributed by atoms with Gasteiger partial charge in [-0.1, -0.05) is 0 Å². The van der Waals surface area contributed by atoms with Crippen LogP contribution in [-0.4, -0.2) is 20.0 Å². The van der Waals surface area contributed by atoms with Crippen LogP contribution in [-0.2, 0) is 0 Å². The molecule has 4 nitrogen and oxygen atoms in total. The van der Waals surface area contributed by atoms with E-state index in [4.69, 9.17) is 15.6 Å². The summed E-state index contributed by atoms with van der Waals surface area (Å²) in [6.07, 6.45) is 0. The number of nitrogens with two attached hydrogens (primary N) is 1. The maximum absolute atomic E-state index is 7.68. The van der Waals surface area contributed by atoms with Crippen LogP contribution in [0.3, 0.4) is 0 Å². The Hall–Kier alpha value is -1.62. The first-order valence-corrected chi connectivity index (χ1v) is 8.54. The van der Waals surface area contributed by atoms with Gasteiger partial charge in [-0.2, -0.15) is 0 Å². The minimum atomic E-state index is -1.61. The lowest BCUT2D eigenvalue weighted by atomic mass is 10.1. The molecule has 0 fully saturated rings. The second-order valence-electron chi connectivity index (χ2n) is 4.77. The van der Waals surface area contributed by atoms with Gasteiger partial charge in [0.2, 0.25) is 8.32 Å². The van der Waals surface area contributed by atoms with Crippen LogP contribution in [0, 0.1) is 5.41 Å². The molecule has 0 atom stereocenters. The Morgan fingerprint density at radius 3 is 2.56 bits per heavy atom. The van der Waals surface area contributed by atoms with Crippen LogP contribution in [0.1, 0.15) is 11.1 Å². The van der Waals surface area contributed by atoms with Crippen molar-refractivity contribution in [1.29, 1.82) is 5.41 Å². The highest BCUT2D eigenvalue weighted by Crippen LogP contribution is 2.24. The third kappa shape index (κ3) is 1.99. The number of fused-ring (bicyclic) bond motifs is 1. The van der Waals surface area contributed by atoms with Crippen LogP contribution in [0.25, 0.3) is 0 Å². The Balaban J connectivity index is 2.36. The van der Waals surface area contributed by atoms with Gasteiger partial charge in [-0.15, -0.1) is 0 Å². The molecule has 0 radical (unpaired) electrons. The zero-order valence-corrected chi connectivity index (χ0v) is 10.7. The average molecular weight is 233 g/mol. The van der Waals surface area contributed by atoms with Crippen molar-refractivity contribution in [3.63, 3.8) is 0 Å². The molecule has 1 aliphatic rings. The van der Waals surface area contributed by atoms with E-state index in [-0.39, 0.29) is 5.84 Å². The van der Waals surface area contributed by atoms with Crippen molar-refractivity contribution in [2.75, 3.05) is 0 Å². The second-order valence-corrected chi connectivity index (χ2v) is 9.20. The molecule has 0 aliphatic carbocycles. The molecule has 1 aliphatic heterocycles. The standard InChI is InChI=1S/C11H15N3OSi/c1-16(2,3)15-7-4-5-8-9(6-7)11(13)14-10(8)12/h4-6H,1-3H3,(H3,12,13,14). The second kappa shape index (κ2) is 3.45. The number of hydrogen-bond acceptors (Lipinski definition) is 3. The highest BCUT2D eigenvalue weighted by atomic mass is 28.4. The van der Waals surface area contributed by atoms with Crippen molar-refractivity contribution >= 4 is 20.0 Å². The van der Waals surface area contributed by atoms with Crippen molar-refractivity contribution in [3.8, 4) is 5.75 Å². The molecule has 0 bridgehead atoms. The number of aliphatic imine (C=N–C) groups is 1. The number of amidine groups is 2. The van der Waals surface area contributed by atoms with Gasteiger partial charge in [-0.05, 0) is 37.8 Å². The van der Waals surface area contributed by atoms with E-state index < -0.39 is 8.32 Å². The molecule has 0 amide bonds. The Bertz CT molecular complexity index is 488. The molecule has 5 heteroatoms. The minimum absolute atomic E-state index is 0.216. The first kappa shape index (κ1) is 10.9. The third-order valence-corrected chi connectivity index (χ3v) is 3.03. The van der Waals surface area contributed by atoms with E-state index in [1.54, 1.807) is 0 Å². The Labute approximate surface area is 95.8 Å². The summed E-state index contributed by atoms with van der Waals surface area (Å²) in [7, 11) is -1.61. The highest BCUT2D eigenvalue weighted by molar-refractivity contribution is 6.70. The minimum Gasteiger partial charge on any atom is -0.544 e. The summed E-state index contributed by atoms with van der Waals surface area (Å²) in [6, 6.07) is 5.60. The Kier molecular flexibility index (Phi) is 2.34. The Morgan fingerprint density at radius 1 is 1.25 bits per heavy atom. The SMILES string of the molecule is C[Si](C)(C)Oc1ccc2c(c1)C(=N)N=C2N. The zero-order chi connectivity index (χ0) is 11.9. The smallest absolute Gasteiger partial charge is 0.242 e. The molecule has 1 aromatic carbocycles. The fourth-order valence-electron chi connectivity index (χ4n) is 1.60. The third-order valence-electron chi connectivity index (χ3n) is 2.18. The topological polar surface area (TPSA) is 71.5 Å². The lowest BCUT2D eigenvalue weighted by Gasteiger charge is -2.19. The molecule has 1 aromatic rings. The van der Waals surface area contributed by atoms with Gasteiger partial charge in [0.05, 0.1) is 0 Å². The average Bonchev–Trinajstić information content (AvgIpc) is 2.40. The molecule has 0 aromatic heterocycles. The highest BCUT2D eigenvalue weighted by Gasteiger charge is 2.21. The van der Waals surface area contributed by atoms with Crippen LogP contribution in [0.2, 0.25) is 19.6 Å². The van der Waals surface area contributed by atoms with Gasteiger partial charge in [0.15, 0.2) is 5.84 Å². The lowest BCUT2D eigenvalue weighted by Crippen LogP contribution is -2.29. The van der Waals surface area contributed by atoms with Gasteiger partial charge >= 0.3 is 0 Å². The first-order chi connectivity index (χ1) is 7.37. The molecule has 3 N–H and O–H groups in total. The summed E-state index contributed by atoms with van der Waals surface area (Å²) in [5.74, 6) is 1.43. The zero-order valence-electron chi connectivity index (χ0n) is 9.66. The molecule has 0 unspecified atom stereocenters. The summed E-state index contributed by atoms with van der Waals surface area (Å²) in [5, 5.41) is 7.68. The quantitative estimate of drug-likeness (QED) is 0.766. The number of rotatable bonds is 2. The molecule has 1 heterocycles. The molecular weight excluding hydrogens is 218 g/mol. The fourth-order valence-corrected chi connectivity index (χ4v) is 2.43. The van der Waals surface area contributed by atoms with E-state index in [2.05, 4.69) is 24.6 Å². The molecule has 2 rings (SSSR count). The predicted octanol–water partition coefficient (Wildman–Crippen LogP) is 1.94. The number of nitrogens with one attached hydrogen (secondary N) is 1. The van der Waals surface area contributed by atoms with Crippen LogP contribution in [0.4, 0.5) is 0 Å². The van der Waals surface area contributed by atoms with Gasteiger partial charge in [0, 0.05) is 11.1 Å². The van der Waals surface area contributed by atoms with E-state index in [1.165, 1.54) is 0 Å².